The Bertz CT molecular complexity index is 1010. The lowest BCUT2D eigenvalue weighted by atomic mass is 9.95. The second-order valence-corrected chi connectivity index (χ2v) is 7.79. The zero-order valence-electron chi connectivity index (χ0n) is 19.5. The van der Waals surface area contributed by atoms with Gasteiger partial charge in [0.05, 0.1) is 13.7 Å². The molecule has 1 N–H and O–H groups in total. The molecule has 0 unspecified atom stereocenters. The van der Waals surface area contributed by atoms with Gasteiger partial charge in [0.1, 0.15) is 0 Å². The monoisotopic (exact) mass is 466 g/mol. The summed E-state index contributed by atoms with van der Waals surface area (Å²) in [5, 5.41) is 2.91. The van der Waals surface area contributed by atoms with Crippen molar-refractivity contribution in [2.75, 3.05) is 38.7 Å². The maximum Gasteiger partial charge on any atom is 0.331 e. The van der Waals surface area contributed by atoms with Crippen LogP contribution in [-0.2, 0) is 19.1 Å². The van der Waals surface area contributed by atoms with E-state index < -0.39 is 5.97 Å². The minimum absolute atomic E-state index is 0.0409. The second kappa shape index (κ2) is 12.4. The van der Waals surface area contributed by atoms with Crippen molar-refractivity contribution in [3.8, 4) is 11.5 Å². The largest absolute Gasteiger partial charge is 0.493 e. The molecule has 8 heteroatoms. The molecule has 1 fully saturated rings. The van der Waals surface area contributed by atoms with E-state index in [-0.39, 0.29) is 24.3 Å². The van der Waals surface area contributed by atoms with Crippen molar-refractivity contribution in [3.05, 3.63) is 60.2 Å². The van der Waals surface area contributed by atoms with E-state index >= 15 is 0 Å². The Kier molecular flexibility index (Phi) is 9.08. The normalized spacial score (nSPS) is 14.0. The highest BCUT2D eigenvalue weighted by molar-refractivity contribution is 5.93. The van der Waals surface area contributed by atoms with Crippen LogP contribution in [0.4, 0.5) is 5.69 Å². The van der Waals surface area contributed by atoms with Gasteiger partial charge in [0, 0.05) is 30.8 Å². The van der Waals surface area contributed by atoms with E-state index in [4.69, 9.17) is 14.2 Å². The lowest BCUT2D eigenvalue weighted by molar-refractivity contribution is -0.149. The highest BCUT2D eigenvalue weighted by atomic mass is 16.5. The third kappa shape index (κ3) is 7.10. The molecule has 1 aliphatic rings. The van der Waals surface area contributed by atoms with Gasteiger partial charge < -0.3 is 24.4 Å². The second-order valence-electron chi connectivity index (χ2n) is 7.79. The van der Waals surface area contributed by atoms with E-state index in [1.807, 2.05) is 37.3 Å². The lowest BCUT2D eigenvalue weighted by Gasteiger charge is -2.31. The Morgan fingerprint density at radius 3 is 2.47 bits per heavy atom. The minimum Gasteiger partial charge on any atom is -0.493 e. The summed E-state index contributed by atoms with van der Waals surface area (Å²) in [4.78, 5) is 38.5. The molecular formula is C26H30N2O6. The zero-order valence-corrected chi connectivity index (χ0v) is 19.5. The van der Waals surface area contributed by atoms with Gasteiger partial charge in [0.2, 0.25) is 5.91 Å². The van der Waals surface area contributed by atoms with Crippen LogP contribution in [0.3, 0.4) is 0 Å². The fourth-order valence-corrected chi connectivity index (χ4v) is 3.66. The molecule has 8 nitrogen and oxygen atoms in total. The Morgan fingerprint density at radius 2 is 1.79 bits per heavy atom. The molecule has 180 valence electrons. The molecule has 1 heterocycles. The topological polar surface area (TPSA) is 94.2 Å². The van der Waals surface area contributed by atoms with E-state index in [1.54, 1.807) is 36.3 Å². The van der Waals surface area contributed by atoms with Gasteiger partial charge in [-0.2, -0.15) is 0 Å². The number of carbonyl (C=O) groups excluding carboxylic acids is 3. The third-order valence-corrected chi connectivity index (χ3v) is 5.50. The van der Waals surface area contributed by atoms with Crippen molar-refractivity contribution < 1.29 is 28.6 Å². The Morgan fingerprint density at radius 1 is 1.06 bits per heavy atom. The van der Waals surface area contributed by atoms with Crippen molar-refractivity contribution in [3.63, 3.8) is 0 Å². The van der Waals surface area contributed by atoms with Crippen LogP contribution in [0.1, 0.15) is 25.3 Å². The van der Waals surface area contributed by atoms with Gasteiger partial charge in [-0.05, 0) is 55.7 Å². The van der Waals surface area contributed by atoms with E-state index in [9.17, 15) is 14.4 Å². The number of piperidine rings is 1. The molecule has 0 aliphatic carbocycles. The molecule has 1 aliphatic heterocycles. The summed E-state index contributed by atoms with van der Waals surface area (Å²) in [6, 6.07) is 14.6. The average molecular weight is 467 g/mol. The van der Waals surface area contributed by atoms with Crippen LogP contribution in [-0.4, -0.2) is 56.1 Å². The third-order valence-electron chi connectivity index (χ3n) is 5.50. The quantitative estimate of drug-likeness (QED) is 0.449. The smallest absolute Gasteiger partial charge is 0.331 e. The molecule has 0 bridgehead atoms. The predicted molar refractivity (Wildman–Crippen MR) is 129 cm³/mol. The number of anilines is 1. The summed E-state index contributed by atoms with van der Waals surface area (Å²) in [6.07, 6.45) is 3.99. The predicted octanol–water partition coefficient (Wildman–Crippen LogP) is 3.53. The Labute approximate surface area is 199 Å². The minimum atomic E-state index is -0.613. The van der Waals surface area contributed by atoms with Gasteiger partial charge in [-0.1, -0.05) is 24.3 Å². The van der Waals surface area contributed by atoms with Crippen LogP contribution < -0.4 is 14.8 Å². The van der Waals surface area contributed by atoms with Gasteiger partial charge in [0.25, 0.3) is 5.91 Å². The molecule has 0 spiro atoms. The van der Waals surface area contributed by atoms with Crippen molar-refractivity contribution in [1.82, 2.24) is 4.90 Å². The van der Waals surface area contributed by atoms with E-state index in [1.165, 1.54) is 6.08 Å². The van der Waals surface area contributed by atoms with Crippen LogP contribution in [0, 0.1) is 5.92 Å². The van der Waals surface area contributed by atoms with Crippen LogP contribution in [0.2, 0.25) is 0 Å². The van der Waals surface area contributed by atoms with E-state index in [2.05, 4.69) is 5.32 Å². The van der Waals surface area contributed by atoms with Crippen LogP contribution in [0.25, 0.3) is 6.08 Å². The molecule has 2 aromatic carbocycles. The molecule has 0 radical (unpaired) electrons. The first kappa shape index (κ1) is 24.8. The zero-order chi connectivity index (χ0) is 24.3. The Balaban J connectivity index is 1.41. The van der Waals surface area contributed by atoms with Crippen LogP contribution >= 0.6 is 0 Å². The number of hydrogen-bond acceptors (Lipinski definition) is 6. The Hall–Kier alpha value is -3.81. The maximum absolute atomic E-state index is 12.4. The number of nitrogens with one attached hydrogen (secondary N) is 1. The van der Waals surface area contributed by atoms with Crippen molar-refractivity contribution in [2.45, 2.75) is 19.8 Å². The molecule has 1 saturated heterocycles. The van der Waals surface area contributed by atoms with Crippen LogP contribution in [0.15, 0.2) is 54.6 Å². The summed E-state index contributed by atoms with van der Waals surface area (Å²) in [5.74, 6) is 0.108. The fourth-order valence-electron chi connectivity index (χ4n) is 3.66. The lowest BCUT2D eigenvalue weighted by Crippen LogP contribution is -2.43. The van der Waals surface area contributed by atoms with Gasteiger partial charge in [-0.3, -0.25) is 9.59 Å². The summed E-state index contributed by atoms with van der Waals surface area (Å²) >= 11 is 0. The molecule has 34 heavy (non-hydrogen) atoms. The van der Waals surface area contributed by atoms with Crippen molar-refractivity contribution in [1.29, 1.82) is 0 Å². The number of carbonyl (C=O) groups is 3. The van der Waals surface area contributed by atoms with Crippen LogP contribution in [0.5, 0.6) is 11.5 Å². The number of amides is 2. The van der Waals surface area contributed by atoms with Gasteiger partial charge >= 0.3 is 5.97 Å². The molecule has 0 saturated carbocycles. The number of methoxy groups -OCH3 is 1. The molecular weight excluding hydrogens is 436 g/mol. The molecule has 2 amide bonds. The van der Waals surface area contributed by atoms with E-state index in [0.29, 0.717) is 44.0 Å². The highest BCUT2D eigenvalue weighted by Crippen LogP contribution is 2.28. The van der Waals surface area contributed by atoms with Gasteiger partial charge in [-0.25, -0.2) is 4.79 Å². The standard InChI is InChI=1S/C26H30N2O6/c1-3-33-22-11-9-19(17-23(22)32-2)10-12-25(30)34-18-24(29)28-15-13-20(14-16-28)26(31)27-21-7-5-4-6-8-21/h4-12,17,20H,3,13-16,18H2,1-2H3,(H,27,31)/b12-10+. The highest BCUT2D eigenvalue weighted by Gasteiger charge is 2.27. The van der Waals surface area contributed by atoms with Crippen molar-refractivity contribution >= 4 is 29.5 Å². The fraction of sp³-hybridized carbons (Fsp3) is 0.346. The summed E-state index contributed by atoms with van der Waals surface area (Å²) < 4.78 is 15.9. The molecule has 3 rings (SSSR count). The number of ether oxygens (including phenoxy) is 3. The number of benzene rings is 2. The number of rotatable bonds is 9. The SMILES string of the molecule is CCOc1ccc(/C=C/C(=O)OCC(=O)N2CCC(C(=O)Nc3ccccc3)CC2)cc1OC. The van der Waals surface area contributed by atoms with E-state index in [0.717, 1.165) is 11.3 Å². The van der Waals surface area contributed by atoms with Gasteiger partial charge in [-0.15, -0.1) is 0 Å². The summed E-state index contributed by atoms with van der Waals surface area (Å²) in [6.45, 7) is 2.97. The molecule has 2 aromatic rings. The number of para-hydroxylation sites is 1. The first-order valence-electron chi connectivity index (χ1n) is 11.3. The molecule has 0 aromatic heterocycles. The number of hydrogen-bond donors (Lipinski definition) is 1. The first-order chi connectivity index (χ1) is 16.5. The number of likely N-dealkylation sites (tertiary alicyclic amines) is 1. The number of nitrogens with zero attached hydrogens (tertiary/aromatic N) is 1. The average Bonchev–Trinajstić information content (AvgIpc) is 2.87. The van der Waals surface area contributed by atoms with Crippen molar-refractivity contribution in [2.24, 2.45) is 5.92 Å². The van der Waals surface area contributed by atoms with Gasteiger partial charge in [0.15, 0.2) is 18.1 Å². The number of esters is 1. The summed E-state index contributed by atoms with van der Waals surface area (Å²) in [5.41, 5.74) is 1.49. The summed E-state index contributed by atoms with van der Waals surface area (Å²) in [7, 11) is 1.55. The first-order valence-corrected chi connectivity index (χ1v) is 11.3. The maximum atomic E-state index is 12.4. The molecule has 0 atom stereocenters.